The molecular weight excluding hydrogens is 199 g/mol. The highest BCUT2D eigenvalue weighted by Crippen LogP contribution is 2.19. The highest BCUT2D eigenvalue weighted by molar-refractivity contribution is 5.54. The van der Waals surface area contributed by atoms with Crippen molar-refractivity contribution in [1.29, 1.82) is 0 Å². The zero-order chi connectivity index (χ0) is 11.4. The van der Waals surface area contributed by atoms with E-state index in [9.17, 15) is 14.5 Å². The molecule has 15 heavy (non-hydrogen) atoms. The molecule has 0 aliphatic heterocycles. The average Bonchev–Trinajstić information content (AvgIpc) is 2.16. The van der Waals surface area contributed by atoms with Gasteiger partial charge in [-0.3, -0.25) is 10.1 Å². The number of hydrogen-bond acceptors (Lipinski definition) is 3. The molecule has 80 valence electrons. The Morgan fingerprint density at radius 2 is 2.27 bits per heavy atom. The number of nitrogens with zero attached hydrogens (tertiary/aromatic N) is 1. The molecule has 0 amide bonds. The van der Waals surface area contributed by atoms with Crippen LogP contribution in [0.1, 0.15) is 12.5 Å². The maximum Gasteiger partial charge on any atom is 0.305 e. The topological polar surface area (TPSA) is 69.2 Å². The Morgan fingerprint density at radius 3 is 2.80 bits per heavy atom. The molecule has 0 saturated heterocycles. The molecule has 0 heterocycles. The molecule has 0 bridgehead atoms. The maximum absolute atomic E-state index is 12.9. The molecule has 1 rings (SSSR count). The molecule has 1 unspecified atom stereocenters. The lowest BCUT2D eigenvalue weighted by Gasteiger charge is -1.97. The van der Waals surface area contributed by atoms with Crippen LogP contribution < -0.4 is 5.73 Å². The summed E-state index contributed by atoms with van der Waals surface area (Å²) >= 11 is 0. The van der Waals surface area contributed by atoms with Gasteiger partial charge in [-0.2, -0.15) is 4.39 Å². The van der Waals surface area contributed by atoms with Gasteiger partial charge in [-0.25, -0.2) is 0 Å². The van der Waals surface area contributed by atoms with Gasteiger partial charge in [0.15, 0.2) is 0 Å². The van der Waals surface area contributed by atoms with E-state index in [4.69, 9.17) is 5.73 Å². The molecule has 0 saturated carbocycles. The first-order valence-corrected chi connectivity index (χ1v) is 4.38. The molecule has 2 N–H and O–H groups in total. The van der Waals surface area contributed by atoms with Gasteiger partial charge in [0.05, 0.1) is 4.92 Å². The van der Waals surface area contributed by atoms with E-state index in [-0.39, 0.29) is 6.04 Å². The zero-order valence-corrected chi connectivity index (χ0v) is 8.18. The van der Waals surface area contributed by atoms with E-state index < -0.39 is 16.4 Å². The van der Waals surface area contributed by atoms with E-state index in [1.54, 1.807) is 19.1 Å². The van der Waals surface area contributed by atoms with Gasteiger partial charge in [-0.15, -0.1) is 0 Å². The lowest BCUT2D eigenvalue weighted by Crippen LogP contribution is -2.09. The van der Waals surface area contributed by atoms with E-state index in [1.165, 1.54) is 12.1 Å². The standard InChI is InChI=1S/C10H11FN2O2/c1-7(12)2-3-8-4-5-9(11)10(6-8)13(14)15/h2-7H,12H2,1H3/b3-2+. The van der Waals surface area contributed by atoms with Crippen LogP contribution in [0.15, 0.2) is 24.3 Å². The summed E-state index contributed by atoms with van der Waals surface area (Å²) in [5.74, 6) is -0.835. The molecule has 1 aromatic rings. The van der Waals surface area contributed by atoms with Gasteiger partial charge in [0.2, 0.25) is 5.82 Å². The van der Waals surface area contributed by atoms with E-state index in [0.29, 0.717) is 5.56 Å². The van der Waals surface area contributed by atoms with Crippen LogP contribution in [0.5, 0.6) is 0 Å². The van der Waals surface area contributed by atoms with Crippen LogP contribution in [0.2, 0.25) is 0 Å². The van der Waals surface area contributed by atoms with Crippen molar-refractivity contribution in [2.75, 3.05) is 0 Å². The first-order valence-electron chi connectivity index (χ1n) is 4.38. The van der Waals surface area contributed by atoms with Gasteiger partial charge in [-0.1, -0.05) is 18.2 Å². The fraction of sp³-hybridized carbons (Fsp3) is 0.200. The Kier molecular flexibility index (Phi) is 3.51. The molecule has 5 heteroatoms. The van der Waals surface area contributed by atoms with Crippen LogP contribution in [-0.4, -0.2) is 11.0 Å². The molecule has 0 fully saturated rings. The minimum atomic E-state index is -0.835. The number of hydrogen-bond donors (Lipinski definition) is 1. The third-order valence-electron chi connectivity index (χ3n) is 1.76. The Labute approximate surface area is 86.4 Å². The van der Waals surface area contributed by atoms with E-state index in [0.717, 1.165) is 6.07 Å². The molecule has 1 atom stereocenters. The smallest absolute Gasteiger partial charge is 0.305 e. The number of nitro benzene ring substituents is 1. The van der Waals surface area contributed by atoms with Gasteiger partial charge in [-0.05, 0) is 18.6 Å². The van der Waals surface area contributed by atoms with E-state index >= 15 is 0 Å². The number of nitrogens with two attached hydrogens (primary N) is 1. The van der Waals surface area contributed by atoms with Crippen molar-refractivity contribution in [2.45, 2.75) is 13.0 Å². The van der Waals surface area contributed by atoms with Gasteiger partial charge >= 0.3 is 5.69 Å². The van der Waals surface area contributed by atoms with Crippen molar-refractivity contribution >= 4 is 11.8 Å². The third kappa shape index (κ3) is 3.14. The summed E-state index contributed by atoms with van der Waals surface area (Å²) in [6.45, 7) is 1.77. The van der Waals surface area contributed by atoms with Crippen LogP contribution >= 0.6 is 0 Å². The van der Waals surface area contributed by atoms with Crippen molar-refractivity contribution in [3.63, 3.8) is 0 Å². The first-order chi connectivity index (χ1) is 7.00. The normalized spacial score (nSPS) is 13.0. The van der Waals surface area contributed by atoms with Crippen molar-refractivity contribution in [2.24, 2.45) is 5.73 Å². The van der Waals surface area contributed by atoms with Crippen molar-refractivity contribution < 1.29 is 9.31 Å². The molecule has 0 radical (unpaired) electrons. The Hall–Kier alpha value is -1.75. The summed E-state index contributed by atoms with van der Waals surface area (Å²) in [5, 5.41) is 10.4. The summed E-state index contributed by atoms with van der Waals surface area (Å²) in [4.78, 5) is 9.68. The molecule has 0 aliphatic carbocycles. The van der Waals surface area contributed by atoms with E-state index in [2.05, 4.69) is 0 Å². The van der Waals surface area contributed by atoms with Crippen LogP contribution in [0, 0.1) is 15.9 Å². The fourth-order valence-electron chi connectivity index (χ4n) is 1.04. The van der Waals surface area contributed by atoms with Crippen molar-refractivity contribution in [1.82, 2.24) is 0 Å². The molecule has 4 nitrogen and oxygen atoms in total. The Morgan fingerprint density at radius 1 is 1.60 bits per heavy atom. The quantitative estimate of drug-likeness (QED) is 0.613. The van der Waals surface area contributed by atoms with Gasteiger partial charge in [0.1, 0.15) is 0 Å². The maximum atomic E-state index is 12.9. The van der Waals surface area contributed by atoms with Crippen LogP contribution in [0.25, 0.3) is 6.08 Å². The molecule has 1 aromatic carbocycles. The summed E-state index contributed by atoms with van der Waals surface area (Å²) in [5.41, 5.74) is 5.50. The second-order valence-electron chi connectivity index (χ2n) is 3.19. The minimum absolute atomic E-state index is 0.144. The first kappa shape index (κ1) is 11.3. The van der Waals surface area contributed by atoms with Crippen molar-refractivity contribution in [3.8, 4) is 0 Å². The van der Waals surface area contributed by atoms with Gasteiger partial charge < -0.3 is 5.73 Å². The molecular formula is C10H11FN2O2. The highest BCUT2D eigenvalue weighted by atomic mass is 19.1. The predicted octanol–water partition coefficient (Wildman–Crippen LogP) is 2.09. The molecule has 0 aliphatic rings. The Bertz CT molecular complexity index is 402. The summed E-state index contributed by atoms with van der Waals surface area (Å²) in [6.07, 6.45) is 3.30. The highest BCUT2D eigenvalue weighted by Gasteiger charge is 2.12. The summed E-state index contributed by atoms with van der Waals surface area (Å²) < 4.78 is 12.9. The zero-order valence-electron chi connectivity index (χ0n) is 8.18. The third-order valence-corrected chi connectivity index (χ3v) is 1.76. The molecule has 0 spiro atoms. The number of nitro groups is 1. The predicted molar refractivity (Wildman–Crippen MR) is 55.7 cm³/mol. The lowest BCUT2D eigenvalue weighted by molar-refractivity contribution is -0.387. The van der Waals surface area contributed by atoms with Crippen LogP contribution in [0.4, 0.5) is 10.1 Å². The Balaban J connectivity index is 3.03. The second-order valence-corrected chi connectivity index (χ2v) is 3.19. The average molecular weight is 210 g/mol. The summed E-state index contributed by atoms with van der Waals surface area (Å²) in [7, 11) is 0. The molecule has 0 aromatic heterocycles. The monoisotopic (exact) mass is 210 g/mol. The number of rotatable bonds is 3. The second kappa shape index (κ2) is 4.65. The van der Waals surface area contributed by atoms with Crippen molar-refractivity contribution in [3.05, 3.63) is 45.8 Å². The minimum Gasteiger partial charge on any atom is -0.325 e. The largest absolute Gasteiger partial charge is 0.325 e. The SMILES string of the molecule is CC(N)/C=C/c1ccc(F)c([N+](=O)[O-])c1. The number of benzene rings is 1. The van der Waals surface area contributed by atoms with Gasteiger partial charge in [0.25, 0.3) is 0 Å². The van der Waals surface area contributed by atoms with E-state index in [1.807, 2.05) is 0 Å². The van der Waals surface area contributed by atoms with Crippen LogP contribution in [-0.2, 0) is 0 Å². The lowest BCUT2D eigenvalue weighted by atomic mass is 10.1. The van der Waals surface area contributed by atoms with Crippen LogP contribution in [0.3, 0.4) is 0 Å². The fourth-order valence-corrected chi connectivity index (χ4v) is 1.04. The van der Waals surface area contributed by atoms with Gasteiger partial charge in [0, 0.05) is 12.1 Å². The number of halogens is 1. The summed E-state index contributed by atoms with van der Waals surface area (Å²) in [6, 6.07) is 3.56.